The Balaban J connectivity index is 3.80. The third-order valence-electron chi connectivity index (χ3n) is 2.16. The van der Waals surface area contributed by atoms with Crippen LogP contribution in [0.2, 0.25) is 6.04 Å². The molecule has 0 fully saturated rings. The number of nitrogens with zero attached hydrogens (tertiary/aromatic N) is 1. The zero-order valence-electron chi connectivity index (χ0n) is 9.91. The largest absolute Gasteiger partial charge is 0.500 e. The number of unbranched alkanes of at least 4 members (excludes halogenated alkanes) is 1. The highest BCUT2D eigenvalue weighted by Crippen LogP contribution is 2.16. The van der Waals surface area contributed by atoms with Crippen LogP contribution in [0.1, 0.15) is 26.2 Å². The minimum Gasteiger partial charge on any atom is -0.377 e. The predicted molar refractivity (Wildman–Crippen MR) is 61.5 cm³/mol. The second-order valence-electron chi connectivity index (χ2n) is 3.28. The number of rotatable bonds is 9. The molecule has 5 heteroatoms. The van der Waals surface area contributed by atoms with Gasteiger partial charge in [-0.05, 0) is 6.42 Å². The van der Waals surface area contributed by atoms with Gasteiger partial charge in [-0.15, -0.1) is 0 Å². The van der Waals surface area contributed by atoms with Crippen molar-refractivity contribution in [2.45, 2.75) is 32.2 Å². The maximum Gasteiger partial charge on any atom is 0.500 e. The average molecular weight is 231 g/mol. The van der Waals surface area contributed by atoms with Crippen LogP contribution < -0.4 is 0 Å². The summed E-state index contributed by atoms with van der Waals surface area (Å²) in [5.41, 5.74) is 0. The molecule has 0 aliphatic carbocycles. The Morgan fingerprint density at radius 2 is 1.87 bits per heavy atom. The molecule has 0 N–H and O–H groups in total. The van der Waals surface area contributed by atoms with Gasteiger partial charge in [-0.25, -0.2) is 6.57 Å². The van der Waals surface area contributed by atoms with Crippen molar-refractivity contribution in [3.63, 3.8) is 0 Å². The Morgan fingerprint density at radius 1 is 1.20 bits per heavy atom. The van der Waals surface area contributed by atoms with Gasteiger partial charge in [0.15, 0.2) is 0 Å². The van der Waals surface area contributed by atoms with Crippen molar-refractivity contribution in [2.24, 2.45) is 0 Å². The minimum absolute atomic E-state index is 0.575. The third kappa shape index (κ3) is 5.90. The summed E-state index contributed by atoms with van der Waals surface area (Å²) in [6, 6.07) is 0.850. The lowest BCUT2D eigenvalue weighted by Crippen LogP contribution is -2.43. The lowest BCUT2D eigenvalue weighted by molar-refractivity contribution is 0.0966. The highest BCUT2D eigenvalue weighted by atomic mass is 28.4. The van der Waals surface area contributed by atoms with Crippen molar-refractivity contribution in [1.29, 1.82) is 0 Å². The molecule has 0 aliphatic rings. The van der Waals surface area contributed by atoms with Crippen LogP contribution in [0.15, 0.2) is 0 Å². The van der Waals surface area contributed by atoms with Crippen molar-refractivity contribution in [1.82, 2.24) is 0 Å². The molecule has 0 saturated carbocycles. The Kier molecular flexibility index (Phi) is 8.62. The first-order chi connectivity index (χ1) is 7.24. The lowest BCUT2D eigenvalue weighted by Gasteiger charge is -2.25. The smallest absolute Gasteiger partial charge is 0.377 e. The van der Waals surface area contributed by atoms with E-state index >= 15 is 0 Å². The van der Waals surface area contributed by atoms with Gasteiger partial charge in [-0.2, -0.15) is 0 Å². The molecule has 0 aromatic rings. The Morgan fingerprint density at radius 3 is 2.33 bits per heavy atom. The van der Waals surface area contributed by atoms with Crippen LogP contribution >= 0.6 is 0 Å². The van der Waals surface area contributed by atoms with E-state index in [2.05, 4.69) is 11.8 Å². The molecule has 0 aromatic heterocycles. The van der Waals surface area contributed by atoms with E-state index in [1.807, 2.05) is 0 Å². The molecule has 0 bridgehead atoms. The molecular formula is C10H21NO3Si. The van der Waals surface area contributed by atoms with Crippen molar-refractivity contribution in [2.75, 3.05) is 27.4 Å². The summed E-state index contributed by atoms with van der Waals surface area (Å²) in [4.78, 5) is 3.29. The Bertz CT molecular complexity index is 190. The predicted octanol–water partition coefficient (Wildman–Crippen LogP) is 2.34. The molecule has 0 radical (unpaired) electrons. The molecule has 0 unspecified atom stereocenters. The van der Waals surface area contributed by atoms with Crippen molar-refractivity contribution < 1.29 is 13.3 Å². The van der Waals surface area contributed by atoms with Gasteiger partial charge in [0.05, 0.1) is 0 Å². The topological polar surface area (TPSA) is 32.0 Å². The van der Waals surface area contributed by atoms with Crippen molar-refractivity contribution in [3.8, 4) is 0 Å². The summed E-state index contributed by atoms with van der Waals surface area (Å²) < 4.78 is 16.4. The highest BCUT2D eigenvalue weighted by Gasteiger charge is 2.37. The van der Waals surface area contributed by atoms with Gasteiger partial charge in [0.25, 0.3) is 0 Å². The summed E-state index contributed by atoms with van der Waals surface area (Å²) in [7, 11) is 0.906. The van der Waals surface area contributed by atoms with Crippen molar-refractivity contribution in [3.05, 3.63) is 11.4 Å². The zero-order valence-corrected chi connectivity index (χ0v) is 10.9. The molecule has 15 heavy (non-hydrogen) atoms. The SMILES string of the molecule is [C-]#[N+]CCCCO[Si](CCC)(OC)OC. The van der Waals surface area contributed by atoms with Crippen LogP contribution in [0.5, 0.6) is 0 Å². The molecule has 0 aliphatic heterocycles. The fraction of sp³-hybridized carbons (Fsp3) is 0.900. The standard InChI is InChI=1S/C10H21NO3Si/c1-5-10-15(12-3,13-4)14-9-7-6-8-11-2/h5-10H2,1,3-4H3. The third-order valence-corrected chi connectivity index (χ3v) is 5.16. The number of hydrogen-bond donors (Lipinski definition) is 0. The van der Waals surface area contributed by atoms with E-state index in [1.54, 1.807) is 14.2 Å². The van der Waals surface area contributed by atoms with E-state index in [0.717, 1.165) is 25.3 Å². The summed E-state index contributed by atoms with van der Waals surface area (Å²) in [5.74, 6) is 0. The second-order valence-corrected chi connectivity index (χ2v) is 6.25. The fourth-order valence-corrected chi connectivity index (χ4v) is 3.33. The quantitative estimate of drug-likeness (QED) is 0.347. The first-order valence-electron chi connectivity index (χ1n) is 5.32. The number of hydrogen-bond acceptors (Lipinski definition) is 3. The first kappa shape index (κ1) is 14.6. The van der Waals surface area contributed by atoms with Gasteiger partial charge in [0.2, 0.25) is 6.54 Å². The molecule has 0 aromatic carbocycles. The zero-order chi connectivity index (χ0) is 11.6. The van der Waals surface area contributed by atoms with Gasteiger partial charge in [-0.3, -0.25) is 0 Å². The van der Waals surface area contributed by atoms with Crippen LogP contribution in [0.4, 0.5) is 0 Å². The van der Waals surface area contributed by atoms with Gasteiger partial charge in [-0.1, -0.05) is 13.3 Å². The van der Waals surface area contributed by atoms with E-state index in [0.29, 0.717) is 13.2 Å². The molecule has 88 valence electrons. The van der Waals surface area contributed by atoms with E-state index in [-0.39, 0.29) is 0 Å². The average Bonchev–Trinajstić information content (AvgIpc) is 2.27. The molecule has 0 rings (SSSR count). The normalized spacial score (nSPS) is 11.3. The fourth-order valence-electron chi connectivity index (χ4n) is 1.30. The molecule has 4 nitrogen and oxygen atoms in total. The van der Waals surface area contributed by atoms with Crippen LogP contribution in [-0.4, -0.2) is 36.2 Å². The summed E-state index contributed by atoms with van der Waals surface area (Å²) in [6.45, 7) is 9.93. The summed E-state index contributed by atoms with van der Waals surface area (Å²) in [5, 5.41) is 0. The minimum atomic E-state index is -2.38. The van der Waals surface area contributed by atoms with Crippen LogP contribution in [0.3, 0.4) is 0 Å². The molecule has 0 atom stereocenters. The summed E-state index contributed by atoms with van der Waals surface area (Å²) >= 11 is 0. The van der Waals surface area contributed by atoms with Crippen LogP contribution in [0.25, 0.3) is 4.85 Å². The van der Waals surface area contributed by atoms with Gasteiger partial charge in [0, 0.05) is 33.3 Å². The highest BCUT2D eigenvalue weighted by molar-refractivity contribution is 6.60. The Labute approximate surface area is 93.7 Å². The molecule has 0 heterocycles. The van der Waals surface area contributed by atoms with Gasteiger partial charge >= 0.3 is 8.80 Å². The van der Waals surface area contributed by atoms with Gasteiger partial charge < -0.3 is 18.1 Å². The van der Waals surface area contributed by atoms with E-state index < -0.39 is 8.80 Å². The maximum absolute atomic E-state index is 6.64. The molecule has 0 spiro atoms. The van der Waals surface area contributed by atoms with Crippen LogP contribution in [-0.2, 0) is 13.3 Å². The maximum atomic E-state index is 6.64. The van der Waals surface area contributed by atoms with E-state index in [4.69, 9.17) is 19.9 Å². The van der Waals surface area contributed by atoms with E-state index in [1.165, 1.54) is 0 Å². The summed E-state index contributed by atoms with van der Waals surface area (Å²) in [6.07, 6.45) is 2.77. The lowest BCUT2D eigenvalue weighted by atomic mass is 10.3. The van der Waals surface area contributed by atoms with E-state index in [9.17, 15) is 0 Å². The van der Waals surface area contributed by atoms with Crippen LogP contribution in [0, 0.1) is 6.57 Å². The molecule has 0 amide bonds. The monoisotopic (exact) mass is 231 g/mol. The second kappa shape index (κ2) is 8.86. The van der Waals surface area contributed by atoms with Gasteiger partial charge in [0.1, 0.15) is 0 Å². The Hall–Kier alpha value is -0.413. The van der Waals surface area contributed by atoms with Crippen molar-refractivity contribution >= 4 is 8.80 Å². The molecule has 0 saturated heterocycles. The molecular weight excluding hydrogens is 210 g/mol. The first-order valence-corrected chi connectivity index (χ1v) is 7.25.